The monoisotopic (exact) mass is 374 g/mol. The molecule has 28 heavy (non-hydrogen) atoms. The van der Waals surface area contributed by atoms with Gasteiger partial charge in [-0.05, 0) is 43.5 Å². The van der Waals surface area contributed by atoms with Gasteiger partial charge < -0.3 is 10.2 Å². The standard InChI is InChI=1S/C21H22N6O/c1-27(14-19(28)24-13-15-7-2-4-11-22-15)21-16-8-6-10-17(16)25-20(26-21)18-9-3-5-12-23-18/h2-5,7,9,11-12H,6,8,10,13-14H2,1H3,(H,24,28). The van der Waals surface area contributed by atoms with E-state index in [1.54, 1.807) is 12.4 Å². The van der Waals surface area contributed by atoms with Gasteiger partial charge in [-0.2, -0.15) is 0 Å². The van der Waals surface area contributed by atoms with Crippen molar-refractivity contribution in [1.82, 2.24) is 25.3 Å². The number of carbonyl (C=O) groups excluding carboxylic acids is 1. The second-order valence-corrected chi connectivity index (χ2v) is 6.82. The van der Waals surface area contributed by atoms with Crippen molar-refractivity contribution in [2.24, 2.45) is 0 Å². The average Bonchev–Trinajstić information content (AvgIpc) is 3.21. The Labute approximate surface area is 163 Å². The Morgan fingerprint density at radius 2 is 1.89 bits per heavy atom. The number of fused-ring (bicyclic) bond motifs is 1. The molecule has 1 aliphatic rings. The number of rotatable bonds is 6. The maximum Gasteiger partial charge on any atom is 0.239 e. The van der Waals surface area contributed by atoms with Crippen molar-refractivity contribution in [3.8, 4) is 11.5 Å². The molecule has 7 nitrogen and oxygen atoms in total. The highest BCUT2D eigenvalue weighted by molar-refractivity contribution is 5.81. The first-order valence-corrected chi connectivity index (χ1v) is 9.39. The maximum absolute atomic E-state index is 12.4. The third-order valence-electron chi connectivity index (χ3n) is 4.74. The van der Waals surface area contributed by atoms with E-state index in [4.69, 9.17) is 9.97 Å². The molecule has 0 fully saturated rings. The Hall–Kier alpha value is -3.35. The summed E-state index contributed by atoms with van der Waals surface area (Å²) in [6.45, 7) is 0.631. The lowest BCUT2D eigenvalue weighted by Crippen LogP contribution is -2.36. The minimum Gasteiger partial charge on any atom is -0.350 e. The normalized spacial score (nSPS) is 12.5. The van der Waals surface area contributed by atoms with Gasteiger partial charge in [0.05, 0.1) is 18.8 Å². The molecule has 3 heterocycles. The fraction of sp³-hybridized carbons (Fsp3) is 0.286. The number of nitrogens with one attached hydrogen (secondary N) is 1. The molecule has 0 aromatic carbocycles. The molecule has 0 aliphatic heterocycles. The van der Waals surface area contributed by atoms with Crippen LogP contribution in [0.25, 0.3) is 11.5 Å². The summed E-state index contributed by atoms with van der Waals surface area (Å²) in [6.07, 6.45) is 6.39. The van der Waals surface area contributed by atoms with E-state index in [1.807, 2.05) is 48.3 Å². The van der Waals surface area contributed by atoms with Gasteiger partial charge in [-0.1, -0.05) is 12.1 Å². The molecular weight excluding hydrogens is 352 g/mol. The van der Waals surface area contributed by atoms with Crippen molar-refractivity contribution in [1.29, 1.82) is 0 Å². The smallest absolute Gasteiger partial charge is 0.239 e. The van der Waals surface area contributed by atoms with Gasteiger partial charge in [-0.15, -0.1) is 0 Å². The molecule has 0 atom stereocenters. The number of amides is 1. The molecule has 3 aromatic rings. The number of nitrogens with zero attached hydrogens (tertiary/aromatic N) is 5. The Bertz CT molecular complexity index is 961. The summed E-state index contributed by atoms with van der Waals surface area (Å²) >= 11 is 0. The van der Waals surface area contributed by atoms with Crippen LogP contribution in [0.15, 0.2) is 48.8 Å². The van der Waals surface area contributed by atoms with Crippen LogP contribution in [0.3, 0.4) is 0 Å². The van der Waals surface area contributed by atoms with Gasteiger partial charge in [-0.3, -0.25) is 14.8 Å². The number of aryl methyl sites for hydroxylation is 1. The minimum absolute atomic E-state index is 0.0714. The van der Waals surface area contributed by atoms with Crippen molar-refractivity contribution < 1.29 is 4.79 Å². The molecule has 1 amide bonds. The number of aromatic nitrogens is 4. The quantitative estimate of drug-likeness (QED) is 0.712. The van der Waals surface area contributed by atoms with Crippen LogP contribution in [-0.4, -0.2) is 39.4 Å². The number of likely N-dealkylation sites (N-methyl/N-ethyl adjacent to an activating group) is 1. The van der Waals surface area contributed by atoms with Crippen LogP contribution >= 0.6 is 0 Å². The van der Waals surface area contributed by atoms with E-state index in [9.17, 15) is 4.79 Å². The van der Waals surface area contributed by atoms with E-state index in [1.165, 1.54) is 0 Å². The van der Waals surface area contributed by atoms with Gasteiger partial charge in [0.1, 0.15) is 11.5 Å². The predicted octanol–water partition coefficient (Wildman–Crippen LogP) is 2.17. The highest BCUT2D eigenvalue weighted by Crippen LogP contribution is 2.30. The number of hydrogen-bond donors (Lipinski definition) is 1. The van der Waals surface area contributed by atoms with E-state index in [0.29, 0.717) is 12.4 Å². The third-order valence-corrected chi connectivity index (χ3v) is 4.74. The average molecular weight is 374 g/mol. The molecule has 0 radical (unpaired) electrons. The summed E-state index contributed by atoms with van der Waals surface area (Å²) in [5.41, 5.74) is 3.77. The number of anilines is 1. The lowest BCUT2D eigenvalue weighted by molar-refractivity contribution is -0.119. The van der Waals surface area contributed by atoms with Crippen molar-refractivity contribution in [3.05, 3.63) is 65.7 Å². The molecule has 3 aromatic heterocycles. The van der Waals surface area contributed by atoms with Crippen molar-refractivity contribution in [2.75, 3.05) is 18.5 Å². The summed E-state index contributed by atoms with van der Waals surface area (Å²) in [4.78, 5) is 32.4. The topological polar surface area (TPSA) is 83.9 Å². The first kappa shape index (κ1) is 18.0. The van der Waals surface area contributed by atoms with E-state index in [-0.39, 0.29) is 12.5 Å². The van der Waals surface area contributed by atoms with Crippen LogP contribution in [0.4, 0.5) is 5.82 Å². The lowest BCUT2D eigenvalue weighted by Gasteiger charge is -2.21. The van der Waals surface area contributed by atoms with Crippen LogP contribution < -0.4 is 10.2 Å². The molecule has 0 unspecified atom stereocenters. The SMILES string of the molecule is CN(CC(=O)NCc1ccccn1)c1nc(-c2ccccn2)nc2c1CCC2. The number of carbonyl (C=O) groups is 1. The summed E-state index contributed by atoms with van der Waals surface area (Å²) < 4.78 is 0. The summed E-state index contributed by atoms with van der Waals surface area (Å²) in [5, 5.41) is 2.91. The number of pyridine rings is 2. The molecule has 0 spiro atoms. The van der Waals surface area contributed by atoms with Gasteiger partial charge in [0, 0.05) is 30.7 Å². The molecule has 1 N–H and O–H groups in total. The highest BCUT2D eigenvalue weighted by Gasteiger charge is 2.23. The zero-order chi connectivity index (χ0) is 19.3. The molecule has 142 valence electrons. The maximum atomic E-state index is 12.4. The zero-order valence-electron chi connectivity index (χ0n) is 15.8. The van der Waals surface area contributed by atoms with Crippen molar-refractivity contribution >= 4 is 11.7 Å². The van der Waals surface area contributed by atoms with E-state index >= 15 is 0 Å². The summed E-state index contributed by atoms with van der Waals surface area (Å²) in [6, 6.07) is 11.3. The first-order chi connectivity index (χ1) is 13.7. The van der Waals surface area contributed by atoms with Gasteiger partial charge in [0.15, 0.2) is 5.82 Å². The molecular formula is C21H22N6O. The Kier molecular flexibility index (Phi) is 5.23. The van der Waals surface area contributed by atoms with Crippen LogP contribution in [0.5, 0.6) is 0 Å². The van der Waals surface area contributed by atoms with Crippen LogP contribution in [0.2, 0.25) is 0 Å². The molecule has 0 saturated carbocycles. The van der Waals surface area contributed by atoms with E-state index in [2.05, 4.69) is 15.3 Å². The van der Waals surface area contributed by atoms with Crippen molar-refractivity contribution in [2.45, 2.75) is 25.8 Å². The lowest BCUT2D eigenvalue weighted by atomic mass is 10.2. The summed E-state index contributed by atoms with van der Waals surface area (Å²) in [5.74, 6) is 1.35. The van der Waals surface area contributed by atoms with Crippen LogP contribution in [-0.2, 0) is 24.2 Å². The van der Waals surface area contributed by atoms with Gasteiger partial charge >= 0.3 is 0 Å². The molecule has 7 heteroatoms. The molecule has 1 aliphatic carbocycles. The van der Waals surface area contributed by atoms with Crippen LogP contribution in [0, 0.1) is 0 Å². The zero-order valence-corrected chi connectivity index (χ0v) is 15.8. The van der Waals surface area contributed by atoms with Crippen LogP contribution in [0.1, 0.15) is 23.4 Å². The minimum atomic E-state index is -0.0714. The Morgan fingerprint density at radius 3 is 2.64 bits per heavy atom. The molecule has 0 saturated heterocycles. The highest BCUT2D eigenvalue weighted by atomic mass is 16.2. The number of hydrogen-bond acceptors (Lipinski definition) is 6. The summed E-state index contributed by atoms with van der Waals surface area (Å²) in [7, 11) is 1.89. The van der Waals surface area contributed by atoms with Gasteiger partial charge in [0.2, 0.25) is 5.91 Å². The molecule has 0 bridgehead atoms. The first-order valence-electron chi connectivity index (χ1n) is 9.39. The second-order valence-electron chi connectivity index (χ2n) is 6.82. The van der Waals surface area contributed by atoms with Crippen molar-refractivity contribution in [3.63, 3.8) is 0 Å². The predicted molar refractivity (Wildman–Crippen MR) is 107 cm³/mol. The largest absolute Gasteiger partial charge is 0.350 e. The fourth-order valence-electron chi connectivity index (χ4n) is 3.38. The molecule has 4 rings (SSSR count). The van der Waals surface area contributed by atoms with Gasteiger partial charge in [0.25, 0.3) is 0 Å². The second kappa shape index (κ2) is 8.12. The van der Waals surface area contributed by atoms with E-state index < -0.39 is 0 Å². The third kappa shape index (κ3) is 3.98. The Balaban J connectivity index is 1.51. The Morgan fingerprint density at radius 1 is 1.07 bits per heavy atom. The fourth-order valence-corrected chi connectivity index (χ4v) is 3.38. The van der Waals surface area contributed by atoms with Gasteiger partial charge in [-0.25, -0.2) is 9.97 Å². The van der Waals surface area contributed by atoms with E-state index in [0.717, 1.165) is 47.7 Å².